The van der Waals surface area contributed by atoms with E-state index < -0.39 is 10.0 Å². The number of nitrogens with one attached hydrogen (secondary N) is 1. The lowest BCUT2D eigenvalue weighted by Crippen LogP contribution is -2.38. The van der Waals surface area contributed by atoms with Crippen LogP contribution in [0.4, 0.5) is 0 Å². The molecule has 0 aliphatic carbocycles. The standard InChI is InChI=1S/C12H16N2O4S/c1-14(9-4-5-13-7-9)19(15,16)10-2-3-11-12(6-10)18-8-17-11/h2-3,6,9,13H,4-5,7-8H2,1H3. The molecule has 3 rings (SSSR count). The minimum absolute atomic E-state index is 0.00965. The van der Waals surface area contributed by atoms with Gasteiger partial charge in [-0.2, -0.15) is 4.31 Å². The van der Waals surface area contributed by atoms with Crippen molar-refractivity contribution >= 4 is 10.0 Å². The lowest BCUT2D eigenvalue weighted by atomic mass is 10.3. The maximum atomic E-state index is 12.5. The van der Waals surface area contributed by atoms with Gasteiger partial charge < -0.3 is 14.8 Å². The molecule has 0 saturated carbocycles. The van der Waals surface area contributed by atoms with E-state index in [0.29, 0.717) is 18.0 Å². The third-order valence-electron chi connectivity index (χ3n) is 3.57. The molecule has 2 heterocycles. The van der Waals surface area contributed by atoms with Gasteiger partial charge in [0.1, 0.15) is 0 Å². The fourth-order valence-corrected chi connectivity index (χ4v) is 3.75. The molecule has 0 amide bonds. The zero-order valence-electron chi connectivity index (χ0n) is 10.6. The molecule has 1 aromatic carbocycles. The summed E-state index contributed by atoms with van der Waals surface area (Å²) < 4.78 is 36.9. The number of nitrogens with zero attached hydrogens (tertiary/aromatic N) is 1. The van der Waals surface area contributed by atoms with Crippen molar-refractivity contribution in [1.82, 2.24) is 9.62 Å². The van der Waals surface area contributed by atoms with Gasteiger partial charge in [-0.05, 0) is 25.1 Å². The van der Waals surface area contributed by atoms with E-state index in [1.165, 1.54) is 10.4 Å². The Bertz CT molecular complexity index is 581. The molecule has 6 nitrogen and oxygen atoms in total. The van der Waals surface area contributed by atoms with Crippen molar-refractivity contribution in [2.75, 3.05) is 26.9 Å². The molecule has 7 heteroatoms. The first kappa shape index (κ1) is 12.7. The van der Waals surface area contributed by atoms with Crippen molar-refractivity contribution in [3.8, 4) is 11.5 Å². The second-order valence-corrected chi connectivity index (χ2v) is 6.68. The molecule has 1 aromatic rings. The average molecular weight is 284 g/mol. The summed E-state index contributed by atoms with van der Waals surface area (Å²) in [6.07, 6.45) is 0.834. The second-order valence-electron chi connectivity index (χ2n) is 4.68. The molecule has 1 atom stereocenters. The van der Waals surface area contributed by atoms with Gasteiger partial charge in [0.25, 0.3) is 0 Å². The first-order valence-electron chi connectivity index (χ1n) is 6.17. The van der Waals surface area contributed by atoms with Crippen LogP contribution >= 0.6 is 0 Å². The number of rotatable bonds is 3. The van der Waals surface area contributed by atoms with Gasteiger partial charge in [0.2, 0.25) is 16.8 Å². The summed E-state index contributed by atoms with van der Waals surface area (Å²) in [5.74, 6) is 1.07. The van der Waals surface area contributed by atoms with Gasteiger partial charge in [0.15, 0.2) is 11.5 Å². The van der Waals surface area contributed by atoms with Crippen molar-refractivity contribution in [3.05, 3.63) is 18.2 Å². The molecular formula is C12H16N2O4S. The van der Waals surface area contributed by atoms with E-state index in [4.69, 9.17) is 9.47 Å². The fourth-order valence-electron chi connectivity index (χ4n) is 2.35. The molecule has 19 heavy (non-hydrogen) atoms. The van der Waals surface area contributed by atoms with Gasteiger partial charge in [-0.1, -0.05) is 0 Å². The van der Waals surface area contributed by atoms with E-state index in [1.54, 1.807) is 19.2 Å². The van der Waals surface area contributed by atoms with Crippen LogP contribution in [0.5, 0.6) is 11.5 Å². The monoisotopic (exact) mass is 284 g/mol. The highest BCUT2D eigenvalue weighted by molar-refractivity contribution is 7.89. The Labute approximate surface area is 112 Å². The van der Waals surface area contributed by atoms with Gasteiger partial charge >= 0.3 is 0 Å². The first-order valence-corrected chi connectivity index (χ1v) is 7.61. The van der Waals surface area contributed by atoms with Crippen LogP contribution in [0, 0.1) is 0 Å². The smallest absolute Gasteiger partial charge is 0.243 e. The molecule has 1 N–H and O–H groups in total. The van der Waals surface area contributed by atoms with Crippen LogP contribution in [0.15, 0.2) is 23.1 Å². The molecule has 1 fully saturated rings. The second kappa shape index (κ2) is 4.66. The van der Waals surface area contributed by atoms with Crippen LogP contribution in [0.2, 0.25) is 0 Å². The number of benzene rings is 1. The summed E-state index contributed by atoms with van der Waals surface area (Å²) in [6.45, 7) is 1.69. The third kappa shape index (κ3) is 2.18. The largest absolute Gasteiger partial charge is 0.454 e. The number of sulfonamides is 1. The minimum Gasteiger partial charge on any atom is -0.454 e. The lowest BCUT2D eigenvalue weighted by Gasteiger charge is -2.23. The predicted molar refractivity (Wildman–Crippen MR) is 68.8 cm³/mol. The highest BCUT2D eigenvalue weighted by Gasteiger charge is 2.31. The number of likely N-dealkylation sites (N-methyl/N-ethyl adjacent to an activating group) is 1. The quantitative estimate of drug-likeness (QED) is 0.870. The summed E-state index contributed by atoms with van der Waals surface area (Å²) in [6, 6.07) is 4.73. The van der Waals surface area contributed by atoms with Gasteiger partial charge in [-0.25, -0.2) is 8.42 Å². The summed E-state index contributed by atoms with van der Waals surface area (Å²) >= 11 is 0. The van der Waals surface area contributed by atoms with Gasteiger partial charge in [0.05, 0.1) is 4.90 Å². The highest BCUT2D eigenvalue weighted by Crippen LogP contribution is 2.34. The van der Waals surface area contributed by atoms with Crippen molar-refractivity contribution in [1.29, 1.82) is 0 Å². The zero-order valence-corrected chi connectivity index (χ0v) is 11.4. The maximum absolute atomic E-state index is 12.5. The van der Waals surface area contributed by atoms with Crippen molar-refractivity contribution in [3.63, 3.8) is 0 Å². The van der Waals surface area contributed by atoms with Crippen LogP contribution in [-0.4, -0.2) is 45.7 Å². The van der Waals surface area contributed by atoms with E-state index >= 15 is 0 Å². The highest BCUT2D eigenvalue weighted by atomic mass is 32.2. The normalized spacial score (nSPS) is 22.1. The minimum atomic E-state index is -3.49. The molecule has 1 saturated heterocycles. The van der Waals surface area contributed by atoms with Crippen molar-refractivity contribution in [2.45, 2.75) is 17.4 Å². The molecule has 2 aliphatic heterocycles. The molecule has 0 spiro atoms. The van der Waals surface area contributed by atoms with Crippen LogP contribution in [-0.2, 0) is 10.0 Å². The van der Waals surface area contributed by atoms with Crippen LogP contribution < -0.4 is 14.8 Å². The lowest BCUT2D eigenvalue weighted by molar-refractivity contribution is 0.174. The zero-order chi connectivity index (χ0) is 13.5. The fraction of sp³-hybridized carbons (Fsp3) is 0.500. The summed E-state index contributed by atoms with van der Waals surface area (Å²) in [5, 5.41) is 3.17. The predicted octanol–water partition coefficient (Wildman–Crippen LogP) is 0.398. The molecule has 0 bridgehead atoms. The SMILES string of the molecule is CN(C1CCNC1)S(=O)(=O)c1ccc2c(c1)OCO2. The van der Waals surface area contributed by atoms with Crippen LogP contribution in [0.3, 0.4) is 0 Å². The van der Waals surface area contributed by atoms with E-state index in [2.05, 4.69) is 5.32 Å². The summed E-state index contributed by atoms with van der Waals surface area (Å²) in [5.41, 5.74) is 0. The summed E-state index contributed by atoms with van der Waals surface area (Å²) in [4.78, 5) is 0.242. The van der Waals surface area contributed by atoms with Crippen molar-refractivity contribution < 1.29 is 17.9 Å². The van der Waals surface area contributed by atoms with Crippen molar-refractivity contribution in [2.24, 2.45) is 0 Å². The van der Waals surface area contributed by atoms with E-state index in [0.717, 1.165) is 13.0 Å². The molecule has 2 aliphatic rings. The number of hydrogen-bond acceptors (Lipinski definition) is 5. The Kier molecular flexibility index (Phi) is 3.12. The number of fused-ring (bicyclic) bond motifs is 1. The summed E-state index contributed by atoms with van der Waals surface area (Å²) in [7, 11) is -1.86. The number of ether oxygens (including phenoxy) is 2. The number of hydrogen-bond donors (Lipinski definition) is 1. The Morgan fingerprint density at radius 2 is 2.11 bits per heavy atom. The van der Waals surface area contributed by atoms with Gasteiger partial charge in [-0.3, -0.25) is 0 Å². The Morgan fingerprint density at radius 1 is 1.32 bits per heavy atom. The molecule has 104 valence electrons. The Balaban J connectivity index is 1.91. The molecule has 1 unspecified atom stereocenters. The topological polar surface area (TPSA) is 67.9 Å². The Morgan fingerprint density at radius 3 is 2.84 bits per heavy atom. The third-order valence-corrected chi connectivity index (χ3v) is 5.48. The molecule has 0 radical (unpaired) electrons. The van der Waals surface area contributed by atoms with Crippen LogP contribution in [0.25, 0.3) is 0 Å². The van der Waals surface area contributed by atoms with Gasteiger partial charge in [-0.15, -0.1) is 0 Å². The molecular weight excluding hydrogens is 268 g/mol. The van der Waals surface area contributed by atoms with Gasteiger partial charge in [0, 0.05) is 25.7 Å². The average Bonchev–Trinajstić information content (AvgIpc) is 3.07. The van der Waals surface area contributed by atoms with E-state index in [1.807, 2.05) is 0 Å². The first-order chi connectivity index (χ1) is 9.09. The van der Waals surface area contributed by atoms with E-state index in [9.17, 15) is 8.42 Å². The Hall–Kier alpha value is -1.31. The maximum Gasteiger partial charge on any atom is 0.243 e. The van der Waals surface area contributed by atoms with E-state index in [-0.39, 0.29) is 17.7 Å². The molecule has 0 aromatic heterocycles. The van der Waals surface area contributed by atoms with Crippen LogP contribution in [0.1, 0.15) is 6.42 Å².